The van der Waals surface area contributed by atoms with E-state index >= 15 is 0 Å². The third-order valence-electron chi connectivity index (χ3n) is 1.64. The summed E-state index contributed by atoms with van der Waals surface area (Å²) in [4.78, 5) is 2.66. The Morgan fingerprint density at radius 2 is 2.00 bits per heavy atom. The van der Waals surface area contributed by atoms with Gasteiger partial charge >= 0.3 is 0 Å². The average molecular weight is 237 g/mol. The van der Waals surface area contributed by atoms with Crippen LogP contribution in [-0.4, -0.2) is 7.11 Å². The third kappa shape index (κ3) is 2.64. The van der Waals surface area contributed by atoms with Crippen molar-refractivity contribution in [1.29, 1.82) is 0 Å². The van der Waals surface area contributed by atoms with Crippen molar-refractivity contribution in [3.05, 3.63) is 42.0 Å². The van der Waals surface area contributed by atoms with E-state index in [-0.39, 0.29) is 0 Å². The molecule has 13 heavy (non-hydrogen) atoms. The first-order valence-electron chi connectivity index (χ1n) is 3.73. The standard InChI is InChI=1S/C11H9BrO/c1-9(13-2)11-5-3-10(4-6-11)7-8-12/h3-6H,1H2,2H3. The van der Waals surface area contributed by atoms with Gasteiger partial charge in [-0.1, -0.05) is 24.6 Å². The zero-order valence-corrected chi connectivity index (χ0v) is 8.89. The van der Waals surface area contributed by atoms with Crippen LogP contribution in [0.15, 0.2) is 30.8 Å². The Labute approximate surface area is 86.5 Å². The largest absolute Gasteiger partial charge is 0.497 e. The van der Waals surface area contributed by atoms with Crippen LogP contribution >= 0.6 is 15.9 Å². The molecule has 0 saturated carbocycles. The fraction of sp³-hybridized carbons (Fsp3) is 0.0909. The Bertz CT molecular complexity index is 354. The molecule has 0 aromatic heterocycles. The summed E-state index contributed by atoms with van der Waals surface area (Å²) in [6, 6.07) is 7.71. The molecule has 1 nitrogen and oxygen atoms in total. The van der Waals surface area contributed by atoms with Gasteiger partial charge in [-0.2, -0.15) is 0 Å². The van der Waals surface area contributed by atoms with Crippen molar-refractivity contribution >= 4 is 21.7 Å². The predicted molar refractivity (Wildman–Crippen MR) is 58.3 cm³/mol. The van der Waals surface area contributed by atoms with E-state index in [0.717, 1.165) is 11.1 Å². The molecule has 0 unspecified atom stereocenters. The number of methoxy groups -OCH3 is 1. The van der Waals surface area contributed by atoms with Gasteiger partial charge in [-0.3, -0.25) is 0 Å². The molecule has 1 aromatic rings. The van der Waals surface area contributed by atoms with Gasteiger partial charge < -0.3 is 4.74 Å². The maximum atomic E-state index is 5.00. The summed E-state index contributed by atoms with van der Waals surface area (Å²) >= 11 is 3.04. The molecule has 0 aliphatic carbocycles. The lowest BCUT2D eigenvalue weighted by Gasteiger charge is -2.03. The lowest BCUT2D eigenvalue weighted by molar-refractivity contribution is 0.371. The van der Waals surface area contributed by atoms with Gasteiger partial charge in [0.1, 0.15) is 5.76 Å². The summed E-state index contributed by atoms with van der Waals surface area (Å²) in [5, 5.41) is 0. The van der Waals surface area contributed by atoms with Crippen LogP contribution in [0.3, 0.4) is 0 Å². The number of hydrogen-bond donors (Lipinski definition) is 0. The minimum Gasteiger partial charge on any atom is -0.497 e. The number of ether oxygens (including phenoxy) is 1. The van der Waals surface area contributed by atoms with Crippen LogP contribution in [0.2, 0.25) is 0 Å². The molecule has 1 rings (SSSR count). The molecule has 0 heterocycles. The van der Waals surface area contributed by atoms with Gasteiger partial charge in [0, 0.05) is 27.1 Å². The molecule has 0 atom stereocenters. The van der Waals surface area contributed by atoms with Gasteiger partial charge in [0.2, 0.25) is 0 Å². The molecule has 0 N–H and O–H groups in total. The smallest absolute Gasteiger partial charge is 0.118 e. The van der Waals surface area contributed by atoms with E-state index in [1.54, 1.807) is 7.11 Å². The number of hydrogen-bond acceptors (Lipinski definition) is 1. The quantitative estimate of drug-likeness (QED) is 0.567. The number of halogens is 1. The Balaban J connectivity index is 2.91. The highest BCUT2D eigenvalue weighted by molar-refractivity contribution is 9.12. The lowest BCUT2D eigenvalue weighted by atomic mass is 10.1. The molecule has 0 saturated heterocycles. The lowest BCUT2D eigenvalue weighted by Crippen LogP contribution is -1.84. The van der Waals surface area contributed by atoms with Gasteiger partial charge in [-0.05, 0) is 17.0 Å². The molecule has 0 aliphatic heterocycles. The first kappa shape index (κ1) is 9.88. The average Bonchev–Trinajstić information content (AvgIpc) is 2.18. The SMILES string of the molecule is C=C(OC)c1ccc(C#CBr)cc1. The van der Waals surface area contributed by atoms with Crippen molar-refractivity contribution in [1.82, 2.24) is 0 Å². The van der Waals surface area contributed by atoms with Crippen molar-refractivity contribution in [3.63, 3.8) is 0 Å². The van der Waals surface area contributed by atoms with Gasteiger partial charge in [0.15, 0.2) is 0 Å². The molecule has 0 bridgehead atoms. The van der Waals surface area contributed by atoms with E-state index < -0.39 is 0 Å². The number of rotatable bonds is 2. The minimum absolute atomic E-state index is 0.665. The minimum atomic E-state index is 0.665. The van der Waals surface area contributed by atoms with Gasteiger partial charge in [-0.25, -0.2) is 0 Å². The monoisotopic (exact) mass is 236 g/mol. The van der Waals surface area contributed by atoms with E-state index in [1.807, 2.05) is 24.3 Å². The summed E-state index contributed by atoms with van der Waals surface area (Å²) in [6.45, 7) is 3.75. The number of benzene rings is 1. The van der Waals surface area contributed by atoms with Crippen LogP contribution in [0, 0.1) is 10.8 Å². The Morgan fingerprint density at radius 3 is 2.46 bits per heavy atom. The van der Waals surface area contributed by atoms with Gasteiger partial charge in [0.25, 0.3) is 0 Å². The molecule has 0 aliphatic rings. The van der Waals surface area contributed by atoms with E-state index in [1.165, 1.54) is 0 Å². The highest BCUT2D eigenvalue weighted by atomic mass is 79.9. The van der Waals surface area contributed by atoms with Crippen LogP contribution in [-0.2, 0) is 4.74 Å². The zero-order chi connectivity index (χ0) is 9.68. The normalized spacial score (nSPS) is 8.46. The van der Waals surface area contributed by atoms with E-state index in [4.69, 9.17) is 4.74 Å². The molecule has 0 spiro atoms. The molecule has 0 amide bonds. The van der Waals surface area contributed by atoms with Crippen LogP contribution in [0.1, 0.15) is 11.1 Å². The second-order valence-corrected chi connectivity index (χ2v) is 2.82. The first-order chi connectivity index (χ1) is 6.27. The predicted octanol–water partition coefficient (Wildman–Crippen LogP) is 3.01. The summed E-state index contributed by atoms with van der Waals surface area (Å²) in [5.41, 5.74) is 1.94. The summed E-state index contributed by atoms with van der Waals surface area (Å²) in [5.74, 6) is 3.55. The van der Waals surface area contributed by atoms with Crippen molar-refractivity contribution < 1.29 is 4.74 Å². The van der Waals surface area contributed by atoms with E-state index in [0.29, 0.717) is 5.76 Å². The van der Waals surface area contributed by atoms with Crippen LogP contribution in [0.5, 0.6) is 0 Å². The Hall–Kier alpha value is -1.20. The second kappa shape index (κ2) is 4.74. The molecule has 66 valence electrons. The van der Waals surface area contributed by atoms with Crippen LogP contribution in [0.25, 0.3) is 5.76 Å². The molecule has 2 heteroatoms. The maximum absolute atomic E-state index is 5.00. The molecule has 0 fully saturated rings. The van der Waals surface area contributed by atoms with E-state index in [9.17, 15) is 0 Å². The van der Waals surface area contributed by atoms with Crippen LogP contribution < -0.4 is 0 Å². The summed E-state index contributed by atoms with van der Waals surface area (Å²) < 4.78 is 5.00. The summed E-state index contributed by atoms with van der Waals surface area (Å²) in [7, 11) is 1.61. The second-order valence-electron chi connectivity index (χ2n) is 2.42. The molecular formula is C11H9BrO. The highest BCUT2D eigenvalue weighted by Gasteiger charge is 1.96. The molecule has 0 radical (unpaired) electrons. The van der Waals surface area contributed by atoms with E-state index in [2.05, 4.69) is 33.3 Å². The molecular weight excluding hydrogens is 228 g/mol. The fourth-order valence-electron chi connectivity index (χ4n) is 0.912. The third-order valence-corrected chi connectivity index (χ3v) is 1.84. The summed E-state index contributed by atoms with van der Waals surface area (Å²) in [6.07, 6.45) is 0. The Morgan fingerprint density at radius 1 is 1.38 bits per heavy atom. The Kier molecular flexibility index (Phi) is 3.60. The van der Waals surface area contributed by atoms with Crippen LogP contribution in [0.4, 0.5) is 0 Å². The fourth-order valence-corrected chi connectivity index (χ4v) is 1.14. The van der Waals surface area contributed by atoms with Crippen molar-refractivity contribution in [3.8, 4) is 10.8 Å². The first-order valence-corrected chi connectivity index (χ1v) is 4.52. The van der Waals surface area contributed by atoms with Gasteiger partial charge in [-0.15, -0.1) is 0 Å². The van der Waals surface area contributed by atoms with Crippen molar-refractivity contribution in [2.24, 2.45) is 0 Å². The maximum Gasteiger partial charge on any atom is 0.118 e. The molecule has 1 aromatic carbocycles. The van der Waals surface area contributed by atoms with Crippen molar-refractivity contribution in [2.45, 2.75) is 0 Å². The highest BCUT2D eigenvalue weighted by Crippen LogP contribution is 2.13. The topological polar surface area (TPSA) is 9.23 Å². The van der Waals surface area contributed by atoms with Gasteiger partial charge in [0.05, 0.1) is 7.11 Å². The zero-order valence-electron chi connectivity index (χ0n) is 7.30. The van der Waals surface area contributed by atoms with Crippen molar-refractivity contribution in [2.75, 3.05) is 7.11 Å².